The van der Waals surface area contributed by atoms with E-state index in [-0.39, 0.29) is 18.0 Å². The summed E-state index contributed by atoms with van der Waals surface area (Å²) in [6.07, 6.45) is 6.87. The molecule has 2 aliphatic rings. The second kappa shape index (κ2) is 6.46. The Balaban J connectivity index is 1.92. The van der Waals surface area contributed by atoms with Crippen LogP contribution in [0.2, 0.25) is 0 Å². The van der Waals surface area contributed by atoms with Crippen LogP contribution in [-0.2, 0) is 4.79 Å². The summed E-state index contributed by atoms with van der Waals surface area (Å²) in [5.74, 6) is -0.324. The van der Waals surface area contributed by atoms with Crippen molar-refractivity contribution >= 4 is 12.0 Å². The number of nitrogens with zero attached hydrogens (tertiary/aromatic N) is 1. The summed E-state index contributed by atoms with van der Waals surface area (Å²) in [6, 6.07) is -0.749. The highest BCUT2D eigenvalue weighted by Crippen LogP contribution is 2.27. The summed E-state index contributed by atoms with van der Waals surface area (Å²) in [5.41, 5.74) is 0. The third-order valence-electron chi connectivity index (χ3n) is 4.92. The summed E-state index contributed by atoms with van der Waals surface area (Å²) < 4.78 is 0. The molecule has 0 aromatic carbocycles. The minimum absolute atomic E-state index is 0.0308. The smallest absolute Gasteiger partial charge is 0.326 e. The molecule has 3 unspecified atom stereocenters. The summed E-state index contributed by atoms with van der Waals surface area (Å²) >= 11 is 0. The van der Waals surface area contributed by atoms with Crippen molar-refractivity contribution < 1.29 is 14.7 Å². The molecule has 0 aromatic rings. The van der Waals surface area contributed by atoms with Crippen molar-refractivity contribution in [2.75, 3.05) is 6.54 Å². The van der Waals surface area contributed by atoms with Crippen molar-refractivity contribution in [3.8, 4) is 0 Å². The van der Waals surface area contributed by atoms with Gasteiger partial charge < -0.3 is 15.3 Å². The Hall–Kier alpha value is -1.26. The zero-order valence-electron chi connectivity index (χ0n) is 12.5. The first-order valence-corrected chi connectivity index (χ1v) is 7.80. The number of aliphatic carboxylic acids is 1. The molecule has 1 aliphatic heterocycles. The number of nitrogens with one attached hydrogen (secondary N) is 1. The van der Waals surface area contributed by atoms with E-state index in [4.69, 9.17) is 0 Å². The highest BCUT2D eigenvalue weighted by Gasteiger charge is 2.40. The molecule has 2 amide bonds. The number of carboxylic acids is 1. The third-order valence-corrected chi connectivity index (χ3v) is 4.92. The molecule has 1 saturated heterocycles. The average molecular weight is 282 g/mol. The Morgan fingerprint density at radius 1 is 1.20 bits per heavy atom. The lowest BCUT2D eigenvalue weighted by Gasteiger charge is -2.31. The quantitative estimate of drug-likeness (QED) is 0.835. The van der Waals surface area contributed by atoms with Crippen LogP contribution in [0.1, 0.15) is 52.4 Å². The molecule has 3 atom stereocenters. The van der Waals surface area contributed by atoms with Gasteiger partial charge in [0.2, 0.25) is 0 Å². The molecule has 0 spiro atoms. The van der Waals surface area contributed by atoms with Gasteiger partial charge in [0.25, 0.3) is 0 Å². The number of carbonyl (C=O) groups excluding carboxylic acids is 1. The maximum Gasteiger partial charge on any atom is 0.326 e. The van der Waals surface area contributed by atoms with Gasteiger partial charge in [0.05, 0.1) is 0 Å². The van der Waals surface area contributed by atoms with Crippen LogP contribution in [0.25, 0.3) is 0 Å². The number of carboxylic acid groups (broad SMARTS) is 1. The molecule has 20 heavy (non-hydrogen) atoms. The molecule has 5 heteroatoms. The van der Waals surface area contributed by atoms with E-state index in [9.17, 15) is 14.7 Å². The van der Waals surface area contributed by atoms with Gasteiger partial charge in [-0.2, -0.15) is 0 Å². The van der Waals surface area contributed by atoms with E-state index in [1.54, 1.807) is 0 Å². The van der Waals surface area contributed by atoms with E-state index < -0.39 is 12.0 Å². The molecular formula is C15H26N2O3. The van der Waals surface area contributed by atoms with Gasteiger partial charge in [0, 0.05) is 12.6 Å². The molecule has 0 radical (unpaired) electrons. The molecular weight excluding hydrogens is 256 g/mol. The van der Waals surface area contributed by atoms with Crippen LogP contribution in [-0.4, -0.2) is 40.6 Å². The lowest BCUT2D eigenvalue weighted by Crippen LogP contribution is -2.51. The van der Waals surface area contributed by atoms with Gasteiger partial charge in [-0.15, -0.1) is 0 Å². The molecule has 1 heterocycles. The van der Waals surface area contributed by atoms with Crippen LogP contribution in [0.3, 0.4) is 0 Å². The van der Waals surface area contributed by atoms with Crippen LogP contribution in [0.15, 0.2) is 0 Å². The summed E-state index contributed by atoms with van der Waals surface area (Å²) in [7, 11) is 0. The lowest BCUT2D eigenvalue weighted by molar-refractivity contribution is -0.142. The number of rotatable bonds is 3. The Labute approximate surface area is 120 Å². The first-order valence-electron chi connectivity index (χ1n) is 7.80. The number of hydrogen-bond acceptors (Lipinski definition) is 2. The van der Waals surface area contributed by atoms with Crippen molar-refractivity contribution in [1.29, 1.82) is 0 Å². The van der Waals surface area contributed by atoms with Gasteiger partial charge >= 0.3 is 12.0 Å². The van der Waals surface area contributed by atoms with E-state index in [1.165, 1.54) is 37.0 Å². The average Bonchev–Trinajstić information content (AvgIpc) is 2.81. The second-order valence-electron chi connectivity index (χ2n) is 6.38. The van der Waals surface area contributed by atoms with Crippen LogP contribution in [0.4, 0.5) is 4.79 Å². The van der Waals surface area contributed by atoms with Crippen molar-refractivity contribution in [2.45, 2.75) is 64.5 Å². The Morgan fingerprint density at radius 3 is 2.45 bits per heavy atom. The predicted octanol–water partition coefficient (Wildman–Crippen LogP) is 2.46. The van der Waals surface area contributed by atoms with Gasteiger partial charge in [-0.05, 0) is 38.0 Å². The molecule has 1 aliphatic carbocycles. The monoisotopic (exact) mass is 282 g/mol. The summed E-state index contributed by atoms with van der Waals surface area (Å²) in [4.78, 5) is 25.1. The minimum Gasteiger partial charge on any atom is -0.480 e. The van der Waals surface area contributed by atoms with Crippen molar-refractivity contribution in [3.63, 3.8) is 0 Å². The topological polar surface area (TPSA) is 69.6 Å². The van der Waals surface area contributed by atoms with Crippen LogP contribution in [0, 0.1) is 11.8 Å². The standard InChI is InChI=1S/C15H26N2O3/c1-10-8-9-17(13(10)14(18)19)15(20)16-11(2)12-6-4-3-5-7-12/h10-13H,3-9H2,1-2H3,(H,16,20)(H,18,19). The number of amides is 2. The first kappa shape index (κ1) is 15.1. The molecule has 114 valence electrons. The Bertz CT molecular complexity index is 366. The summed E-state index contributed by atoms with van der Waals surface area (Å²) in [5, 5.41) is 12.3. The molecule has 2 rings (SSSR count). The van der Waals surface area contributed by atoms with Gasteiger partial charge in [0.15, 0.2) is 0 Å². The molecule has 1 saturated carbocycles. The number of hydrogen-bond donors (Lipinski definition) is 2. The van der Waals surface area contributed by atoms with Crippen LogP contribution in [0.5, 0.6) is 0 Å². The number of urea groups is 1. The second-order valence-corrected chi connectivity index (χ2v) is 6.38. The fourth-order valence-electron chi connectivity index (χ4n) is 3.58. The molecule has 5 nitrogen and oxygen atoms in total. The van der Waals surface area contributed by atoms with E-state index in [2.05, 4.69) is 5.32 Å². The zero-order chi connectivity index (χ0) is 14.7. The fraction of sp³-hybridized carbons (Fsp3) is 0.867. The fourth-order valence-corrected chi connectivity index (χ4v) is 3.58. The van der Waals surface area contributed by atoms with Crippen LogP contribution >= 0.6 is 0 Å². The van der Waals surface area contributed by atoms with E-state index in [0.29, 0.717) is 12.5 Å². The highest BCUT2D eigenvalue weighted by atomic mass is 16.4. The van der Waals surface area contributed by atoms with Crippen LogP contribution < -0.4 is 5.32 Å². The Morgan fingerprint density at radius 2 is 1.85 bits per heavy atom. The molecule has 2 fully saturated rings. The maximum atomic E-state index is 12.3. The predicted molar refractivity (Wildman–Crippen MR) is 76.5 cm³/mol. The number of likely N-dealkylation sites (tertiary alicyclic amines) is 1. The van der Waals surface area contributed by atoms with E-state index in [0.717, 1.165) is 6.42 Å². The van der Waals surface area contributed by atoms with Gasteiger partial charge in [-0.25, -0.2) is 9.59 Å². The minimum atomic E-state index is -0.893. The number of carbonyl (C=O) groups is 2. The van der Waals surface area contributed by atoms with Crippen molar-refractivity contribution in [1.82, 2.24) is 10.2 Å². The SMILES string of the molecule is CC1CCN(C(=O)NC(C)C2CCCCC2)C1C(=O)O. The summed E-state index contributed by atoms with van der Waals surface area (Å²) in [6.45, 7) is 4.49. The van der Waals surface area contributed by atoms with E-state index >= 15 is 0 Å². The zero-order valence-corrected chi connectivity index (χ0v) is 12.5. The highest BCUT2D eigenvalue weighted by molar-refractivity contribution is 5.83. The van der Waals surface area contributed by atoms with Gasteiger partial charge in [-0.3, -0.25) is 0 Å². The molecule has 0 aromatic heterocycles. The van der Waals surface area contributed by atoms with Gasteiger partial charge in [-0.1, -0.05) is 26.2 Å². The maximum absolute atomic E-state index is 12.3. The first-order chi connectivity index (χ1) is 9.50. The van der Waals surface area contributed by atoms with E-state index in [1.807, 2.05) is 13.8 Å². The normalized spacial score (nSPS) is 29.2. The van der Waals surface area contributed by atoms with Gasteiger partial charge in [0.1, 0.15) is 6.04 Å². The Kier molecular flexibility index (Phi) is 4.89. The van der Waals surface area contributed by atoms with Crippen molar-refractivity contribution in [3.05, 3.63) is 0 Å². The molecule has 2 N–H and O–H groups in total. The third kappa shape index (κ3) is 3.25. The van der Waals surface area contributed by atoms with Crippen molar-refractivity contribution in [2.24, 2.45) is 11.8 Å². The largest absolute Gasteiger partial charge is 0.480 e. The molecule has 0 bridgehead atoms. The lowest BCUT2D eigenvalue weighted by atomic mass is 9.84.